The summed E-state index contributed by atoms with van der Waals surface area (Å²) in [7, 11) is 1.84. The quantitative estimate of drug-likeness (QED) is 0.842. The zero-order valence-electron chi connectivity index (χ0n) is 12.9. The molecule has 4 heteroatoms. The molecule has 0 bridgehead atoms. The van der Waals surface area contributed by atoms with Crippen LogP contribution in [0.1, 0.15) is 58.3 Å². The minimum Gasteiger partial charge on any atom is -0.388 e. The molecule has 1 heterocycles. The van der Waals surface area contributed by atoms with E-state index in [2.05, 4.69) is 6.92 Å². The molecule has 2 unspecified atom stereocenters. The van der Waals surface area contributed by atoms with Crippen molar-refractivity contribution in [2.45, 2.75) is 70.0 Å². The molecule has 116 valence electrons. The predicted molar refractivity (Wildman–Crippen MR) is 78.4 cm³/mol. The fourth-order valence-electron chi connectivity index (χ4n) is 3.65. The van der Waals surface area contributed by atoms with Gasteiger partial charge in [-0.05, 0) is 32.1 Å². The van der Waals surface area contributed by atoms with Crippen molar-refractivity contribution in [3.8, 4) is 0 Å². The molecule has 4 nitrogen and oxygen atoms in total. The third-order valence-electron chi connectivity index (χ3n) is 4.77. The number of carbonyl (C=O) groups is 1. The van der Waals surface area contributed by atoms with Gasteiger partial charge in [-0.3, -0.25) is 4.79 Å². The molecule has 1 amide bonds. The number of hydrogen-bond acceptors (Lipinski definition) is 3. The van der Waals surface area contributed by atoms with Gasteiger partial charge in [0.2, 0.25) is 5.91 Å². The van der Waals surface area contributed by atoms with Crippen molar-refractivity contribution < 1.29 is 14.6 Å². The largest absolute Gasteiger partial charge is 0.388 e. The van der Waals surface area contributed by atoms with Crippen LogP contribution in [0, 0.1) is 5.92 Å². The van der Waals surface area contributed by atoms with Crippen molar-refractivity contribution in [1.82, 2.24) is 4.90 Å². The fourth-order valence-corrected chi connectivity index (χ4v) is 3.65. The first-order valence-electron chi connectivity index (χ1n) is 8.13. The van der Waals surface area contributed by atoms with Gasteiger partial charge in [0.1, 0.15) is 0 Å². The molecular formula is C16H29NO3. The van der Waals surface area contributed by atoms with Gasteiger partial charge in [0, 0.05) is 26.1 Å². The average Bonchev–Trinajstić information content (AvgIpc) is 2.85. The molecule has 2 atom stereocenters. The molecule has 0 aromatic rings. The van der Waals surface area contributed by atoms with Gasteiger partial charge < -0.3 is 14.7 Å². The lowest BCUT2D eigenvalue weighted by Crippen LogP contribution is -2.45. The maximum atomic E-state index is 12.5. The van der Waals surface area contributed by atoms with Crippen molar-refractivity contribution in [3.63, 3.8) is 0 Å². The first-order chi connectivity index (χ1) is 9.54. The monoisotopic (exact) mass is 283 g/mol. The van der Waals surface area contributed by atoms with Gasteiger partial charge in [0.05, 0.1) is 11.7 Å². The van der Waals surface area contributed by atoms with Crippen LogP contribution in [-0.2, 0) is 9.53 Å². The van der Waals surface area contributed by atoms with E-state index in [1.165, 1.54) is 0 Å². The molecule has 1 aliphatic carbocycles. The van der Waals surface area contributed by atoms with Gasteiger partial charge in [-0.15, -0.1) is 0 Å². The Kier molecular flexibility index (Phi) is 5.44. The summed E-state index contributed by atoms with van der Waals surface area (Å²) >= 11 is 0. The highest BCUT2D eigenvalue weighted by molar-refractivity contribution is 5.78. The van der Waals surface area contributed by atoms with Crippen LogP contribution in [0.4, 0.5) is 0 Å². The number of ether oxygens (including phenoxy) is 1. The summed E-state index contributed by atoms with van der Waals surface area (Å²) in [4.78, 5) is 14.3. The minimum absolute atomic E-state index is 0.0790. The fraction of sp³-hybridized carbons (Fsp3) is 0.938. The van der Waals surface area contributed by atoms with Gasteiger partial charge in [0.15, 0.2) is 0 Å². The van der Waals surface area contributed by atoms with Gasteiger partial charge in [-0.25, -0.2) is 0 Å². The van der Waals surface area contributed by atoms with Crippen molar-refractivity contribution in [2.75, 3.05) is 20.2 Å². The second-order valence-corrected chi connectivity index (χ2v) is 6.63. The summed E-state index contributed by atoms with van der Waals surface area (Å²) in [5.74, 6) is 0.269. The van der Waals surface area contributed by atoms with Crippen LogP contribution in [0.15, 0.2) is 0 Å². The smallest absolute Gasteiger partial charge is 0.225 e. The molecule has 2 rings (SSSR count). The van der Waals surface area contributed by atoms with Crippen LogP contribution >= 0.6 is 0 Å². The van der Waals surface area contributed by atoms with E-state index in [9.17, 15) is 9.90 Å². The summed E-state index contributed by atoms with van der Waals surface area (Å²) < 4.78 is 5.71. The molecule has 2 fully saturated rings. The molecule has 1 saturated carbocycles. The Morgan fingerprint density at radius 2 is 2.10 bits per heavy atom. The molecule has 2 aliphatic rings. The Balaban J connectivity index is 1.86. The number of hydrogen-bond donors (Lipinski definition) is 1. The molecule has 0 aromatic carbocycles. The van der Waals surface area contributed by atoms with Crippen LogP contribution in [0.3, 0.4) is 0 Å². The van der Waals surface area contributed by atoms with Crippen molar-refractivity contribution in [3.05, 3.63) is 0 Å². The lowest BCUT2D eigenvalue weighted by Gasteiger charge is -2.34. The minimum atomic E-state index is -0.640. The first-order valence-corrected chi connectivity index (χ1v) is 8.13. The maximum absolute atomic E-state index is 12.5. The van der Waals surface area contributed by atoms with E-state index in [0.29, 0.717) is 13.2 Å². The van der Waals surface area contributed by atoms with Gasteiger partial charge in [0.25, 0.3) is 0 Å². The normalized spacial score (nSPS) is 29.4. The molecule has 1 N–H and O–H groups in total. The summed E-state index contributed by atoms with van der Waals surface area (Å²) in [5, 5.41) is 10.4. The second-order valence-electron chi connectivity index (χ2n) is 6.63. The predicted octanol–water partition coefficient (Wildman–Crippen LogP) is 2.35. The van der Waals surface area contributed by atoms with E-state index < -0.39 is 5.60 Å². The van der Waals surface area contributed by atoms with Crippen molar-refractivity contribution in [1.29, 1.82) is 0 Å². The van der Waals surface area contributed by atoms with Crippen LogP contribution in [0.5, 0.6) is 0 Å². The zero-order chi connectivity index (χ0) is 14.6. The lowest BCUT2D eigenvalue weighted by molar-refractivity contribution is -0.142. The Morgan fingerprint density at radius 3 is 2.75 bits per heavy atom. The van der Waals surface area contributed by atoms with Gasteiger partial charge >= 0.3 is 0 Å². The highest BCUT2D eigenvalue weighted by atomic mass is 16.5. The van der Waals surface area contributed by atoms with Gasteiger partial charge in [-0.2, -0.15) is 0 Å². The molecule has 0 spiro atoms. The topological polar surface area (TPSA) is 49.8 Å². The molecule has 1 saturated heterocycles. The third-order valence-corrected chi connectivity index (χ3v) is 4.77. The Morgan fingerprint density at radius 1 is 1.40 bits per heavy atom. The lowest BCUT2D eigenvalue weighted by atomic mass is 9.91. The first kappa shape index (κ1) is 15.8. The van der Waals surface area contributed by atoms with Crippen LogP contribution in [0.2, 0.25) is 0 Å². The zero-order valence-corrected chi connectivity index (χ0v) is 12.9. The molecule has 20 heavy (non-hydrogen) atoms. The third kappa shape index (κ3) is 3.95. The standard InChI is InChI=1S/C16H29NO3/c1-3-6-14-11-13(7-10-20-14)15(18)17(2)12-16(19)8-4-5-9-16/h13-14,19H,3-12H2,1-2H3. The Hall–Kier alpha value is -0.610. The SMILES string of the molecule is CCCC1CC(C(=O)N(C)CC2(O)CCCC2)CCO1. The molecule has 0 aromatic heterocycles. The highest BCUT2D eigenvalue weighted by Crippen LogP contribution is 2.31. The van der Waals surface area contributed by atoms with Crippen LogP contribution in [0.25, 0.3) is 0 Å². The Bertz CT molecular complexity index is 324. The van der Waals surface area contributed by atoms with E-state index in [-0.39, 0.29) is 17.9 Å². The number of aliphatic hydroxyl groups is 1. The van der Waals surface area contributed by atoms with E-state index >= 15 is 0 Å². The second kappa shape index (κ2) is 6.90. The van der Waals surface area contributed by atoms with Crippen LogP contribution < -0.4 is 0 Å². The number of likely N-dealkylation sites (N-methyl/N-ethyl adjacent to an activating group) is 1. The number of amides is 1. The summed E-state index contributed by atoms with van der Waals surface area (Å²) in [6.07, 6.45) is 7.86. The van der Waals surface area contributed by atoms with E-state index in [4.69, 9.17) is 4.74 Å². The van der Waals surface area contributed by atoms with Crippen LogP contribution in [-0.4, -0.2) is 47.8 Å². The van der Waals surface area contributed by atoms with E-state index in [1.54, 1.807) is 4.90 Å². The van der Waals surface area contributed by atoms with Gasteiger partial charge in [-0.1, -0.05) is 26.2 Å². The summed E-state index contributed by atoms with van der Waals surface area (Å²) in [6, 6.07) is 0. The summed E-state index contributed by atoms with van der Waals surface area (Å²) in [5.41, 5.74) is -0.640. The summed E-state index contributed by atoms with van der Waals surface area (Å²) in [6.45, 7) is 3.33. The van der Waals surface area contributed by atoms with E-state index in [0.717, 1.165) is 51.4 Å². The molecule has 0 radical (unpaired) electrons. The Labute approximate surface area is 122 Å². The van der Waals surface area contributed by atoms with E-state index in [1.807, 2.05) is 7.05 Å². The van der Waals surface area contributed by atoms with Crippen molar-refractivity contribution >= 4 is 5.91 Å². The number of nitrogens with zero attached hydrogens (tertiary/aromatic N) is 1. The number of rotatable bonds is 5. The average molecular weight is 283 g/mol. The maximum Gasteiger partial charge on any atom is 0.225 e. The highest BCUT2D eigenvalue weighted by Gasteiger charge is 2.36. The molecule has 1 aliphatic heterocycles. The van der Waals surface area contributed by atoms with Crippen molar-refractivity contribution in [2.24, 2.45) is 5.92 Å². The molecular weight excluding hydrogens is 254 g/mol. The number of carbonyl (C=O) groups excluding carboxylic acids is 1.